The molecule has 0 N–H and O–H groups in total. The van der Waals surface area contributed by atoms with Gasteiger partial charge < -0.3 is 4.74 Å². The Morgan fingerprint density at radius 3 is 2.37 bits per heavy atom. The second kappa shape index (κ2) is 5.24. The lowest BCUT2D eigenvalue weighted by Crippen LogP contribution is -2.19. The van der Waals surface area contributed by atoms with E-state index in [9.17, 15) is 31.7 Å². The highest BCUT2D eigenvalue weighted by Crippen LogP contribution is 2.34. The zero-order chi connectivity index (χ0) is 15.0. The fourth-order valence-corrected chi connectivity index (χ4v) is 3.45. The third-order valence-electron chi connectivity index (χ3n) is 1.53. The third kappa shape index (κ3) is 4.31. The van der Waals surface area contributed by atoms with Crippen LogP contribution in [0.3, 0.4) is 0 Å². The van der Waals surface area contributed by atoms with Crippen molar-refractivity contribution in [2.75, 3.05) is 0 Å². The van der Waals surface area contributed by atoms with Crippen molar-refractivity contribution in [2.24, 2.45) is 0 Å². The summed E-state index contributed by atoms with van der Waals surface area (Å²) >= 11 is 1.33. The summed E-state index contributed by atoms with van der Waals surface area (Å²) in [6, 6.07) is 0.559. The Kier molecular flexibility index (Phi) is 4.46. The molecule has 1 heterocycles. The van der Waals surface area contributed by atoms with E-state index in [0.29, 0.717) is 6.07 Å². The Bertz CT molecular complexity index is 634. The number of pyridine rings is 1. The molecule has 0 aliphatic rings. The van der Waals surface area contributed by atoms with Crippen molar-refractivity contribution >= 4 is 48.0 Å². The molecule has 0 unspecified atom stereocenters. The highest BCUT2D eigenvalue weighted by Gasteiger charge is 2.37. The van der Waals surface area contributed by atoms with Crippen molar-refractivity contribution in [3.05, 3.63) is 19.8 Å². The standard InChI is InChI=1S/C6HClF3IN2O5S/c7-19(16,17)5-2(11)1-3(13(14)15)4(12-5)18-6(8,9)10/h1H. The van der Waals surface area contributed by atoms with E-state index in [2.05, 4.69) is 9.72 Å². The Morgan fingerprint density at radius 2 is 2.00 bits per heavy atom. The van der Waals surface area contributed by atoms with E-state index in [1.807, 2.05) is 0 Å². The molecule has 0 amide bonds. The highest BCUT2D eigenvalue weighted by atomic mass is 127. The zero-order valence-electron chi connectivity index (χ0n) is 8.31. The van der Waals surface area contributed by atoms with E-state index in [1.165, 1.54) is 22.6 Å². The van der Waals surface area contributed by atoms with Gasteiger partial charge in [-0.25, -0.2) is 8.42 Å². The Morgan fingerprint density at radius 1 is 1.47 bits per heavy atom. The topological polar surface area (TPSA) is 99.4 Å². The maximum absolute atomic E-state index is 12.0. The lowest BCUT2D eigenvalue weighted by molar-refractivity contribution is -0.389. The summed E-state index contributed by atoms with van der Waals surface area (Å²) in [6.07, 6.45) is -5.27. The molecule has 0 saturated heterocycles. The van der Waals surface area contributed by atoms with Gasteiger partial charge in [0.15, 0.2) is 5.03 Å². The van der Waals surface area contributed by atoms with Gasteiger partial charge >= 0.3 is 17.9 Å². The number of halogens is 5. The molecular formula is C6HClF3IN2O5S. The first-order chi connectivity index (χ1) is 8.42. The lowest BCUT2D eigenvalue weighted by atomic mass is 10.4. The molecule has 106 valence electrons. The number of hydrogen-bond donors (Lipinski definition) is 0. The van der Waals surface area contributed by atoms with Crippen LogP contribution in [0.2, 0.25) is 0 Å². The number of rotatable bonds is 3. The average molecular weight is 433 g/mol. The maximum atomic E-state index is 12.0. The molecule has 0 aliphatic heterocycles. The van der Waals surface area contributed by atoms with Crippen molar-refractivity contribution in [1.29, 1.82) is 0 Å². The van der Waals surface area contributed by atoms with Gasteiger partial charge in [-0.15, -0.1) is 13.2 Å². The molecule has 0 spiro atoms. The first-order valence-corrected chi connectivity index (χ1v) is 7.36. The highest BCUT2D eigenvalue weighted by molar-refractivity contribution is 14.1. The van der Waals surface area contributed by atoms with E-state index in [-0.39, 0.29) is 3.57 Å². The molecule has 13 heteroatoms. The Balaban J connectivity index is 3.53. The number of nitro groups is 1. The molecule has 0 atom stereocenters. The van der Waals surface area contributed by atoms with Gasteiger partial charge in [0, 0.05) is 16.7 Å². The molecule has 0 radical (unpaired) electrons. The van der Waals surface area contributed by atoms with Crippen LogP contribution in [0.5, 0.6) is 5.88 Å². The fourth-order valence-electron chi connectivity index (χ4n) is 0.933. The molecule has 0 fully saturated rings. The summed E-state index contributed by atoms with van der Waals surface area (Å²) < 4.78 is 61.2. The van der Waals surface area contributed by atoms with Crippen LogP contribution in [0.4, 0.5) is 18.9 Å². The van der Waals surface area contributed by atoms with Gasteiger partial charge in [-0.2, -0.15) is 4.98 Å². The van der Waals surface area contributed by atoms with Gasteiger partial charge in [0.25, 0.3) is 9.05 Å². The number of hydrogen-bond acceptors (Lipinski definition) is 6. The minimum Gasteiger partial charge on any atom is -0.381 e. The second-order valence-corrected chi connectivity index (χ2v) is 6.49. The van der Waals surface area contributed by atoms with Crippen molar-refractivity contribution in [3.63, 3.8) is 0 Å². The minimum absolute atomic E-state index is 0.311. The molecule has 1 rings (SSSR count). The minimum atomic E-state index is -5.27. The zero-order valence-corrected chi connectivity index (χ0v) is 12.0. The molecule has 0 aliphatic carbocycles. The summed E-state index contributed by atoms with van der Waals surface area (Å²) in [4.78, 5) is 12.3. The summed E-state index contributed by atoms with van der Waals surface area (Å²) in [5.41, 5.74) is -1.13. The van der Waals surface area contributed by atoms with Gasteiger partial charge in [0.1, 0.15) is 0 Å². The van der Waals surface area contributed by atoms with Crippen molar-refractivity contribution in [2.45, 2.75) is 11.4 Å². The number of aromatic nitrogens is 1. The lowest BCUT2D eigenvalue weighted by Gasteiger charge is -2.09. The van der Waals surface area contributed by atoms with Crippen LogP contribution in [-0.2, 0) is 9.05 Å². The van der Waals surface area contributed by atoms with Crippen LogP contribution >= 0.6 is 33.3 Å². The van der Waals surface area contributed by atoms with Gasteiger partial charge in [0.05, 0.1) is 8.49 Å². The Labute approximate surface area is 121 Å². The predicted molar refractivity (Wildman–Crippen MR) is 63.3 cm³/mol. The SMILES string of the molecule is O=[N+]([O-])c1cc(I)c(S(=O)(=O)Cl)nc1OC(F)(F)F. The van der Waals surface area contributed by atoms with E-state index < -0.39 is 36.9 Å². The van der Waals surface area contributed by atoms with Gasteiger partial charge in [-0.3, -0.25) is 10.1 Å². The summed E-state index contributed by atoms with van der Waals surface area (Å²) in [7, 11) is 0.467. The van der Waals surface area contributed by atoms with Crippen LogP contribution in [-0.4, -0.2) is 24.7 Å². The van der Waals surface area contributed by atoms with Gasteiger partial charge in [0.2, 0.25) is 0 Å². The van der Waals surface area contributed by atoms with Gasteiger partial charge in [-0.05, 0) is 22.6 Å². The average Bonchev–Trinajstić information content (AvgIpc) is 2.15. The summed E-state index contributed by atoms with van der Waals surface area (Å²) in [5, 5.41) is 9.59. The molecular weight excluding hydrogens is 431 g/mol. The quantitative estimate of drug-likeness (QED) is 0.315. The van der Waals surface area contributed by atoms with Gasteiger partial charge in [-0.1, -0.05) is 0 Å². The molecule has 7 nitrogen and oxygen atoms in total. The first-order valence-electron chi connectivity index (χ1n) is 3.97. The van der Waals surface area contributed by atoms with E-state index in [1.54, 1.807) is 0 Å². The monoisotopic (exact) mass is 432 g/mol. The number of alkyl halides is 3. The molecule has 1 aromatic heterocycles. The molecule has 1 aromatic rings. The molecule has 0 bridgehead atoms. The van der Waals surface area contributed by atoms with Crippen molar-refractivity contribution in [3.8, 4) is 5.88 Å². The van der Waals surface area contributed by atoms with Crippen molar-refractivity contribution < 1.29 is 31.2 Å². The number of ether oxygens (including phenoxy) is 1. The largest absolute Gasteiger partial charge is 0.574 e. The van der Waals surface area contributed by atoms with Crippen LogP contribution in [0.1, 0.15) is 0 Å². The second-order valence-electron chi connectivity index (χ2n) is 2.84. The summed E-state index contributed by atoms with van der Waals surface area (Å²) in [6.45, 7) is 0. The van der Waals surface area contributed by atoms with Crippen LogP contribution in [0, 0.1) is 13.7 Å². The normalized spacial score (nSPS) is 12.3. The maximum Gasteiger partial charge on any atom is 0.574 e. The van der Waals surface area contributed by atoms with E-state index in [0.717, 1.165) is 0 Å². The smallest absolute Gasteiger partial charge is 0.381 e. The van der Waals surface area contributed by atoms with Crippen molar-refractivity contribution in [1.82, 2.24) is 4.98 Å². The Hall–Kier alpha value is -0.890. The third-order valence-corrected chi connectivity index (χ3v) is 3.93. The van der Waals surface area contributed by atoms with Crippen LogP contribution in [0.25, 0.3) is 0 Å². The van der Waals surface area contributed by atoms with Crippen LogP contribution in [0.15, 0.2) is 11.1 Å². The fraction of sp³-hybridized carbons (Fsp3) is 0.167. The molecule has 19 heavy (non-hydrogen) atoms. The van der Waals surface area contributed by atoms with E-state index in [4.69, 9.17) is 10.7 Å². The molecule has 0 saturated carbocycles. The van der Waals surface area contributed by atoms with E-state index >= 15 is 0 Å². The molecule has 0 aromatic carbocycles. The number of nitrogens with zero attached hydrogens (tertiary/aromatic N) is 2. The van der Waals surface area contributed by atoms with Crippen LogP contribution < -0.4 is 4.74 Å². The first kappa shape index (κ1) is 16.2. The predicted octanol–water partition coefficient (Wildman–Crippen LogP) is 2.42. The summed E-state index contributed by atoms with van der Waals surface area (Å²) in [5.74, 6) is -1.50.